The molecule has 1 N–H and O–H groups in total. The van der Waals surface area contributed by atoms with Crippen LogP contribution in [-0.4, -0.2) is 24.5 Å². The van der Waals surface area contributed by atoms with Gasteiger partial charge in [0.05, 0.1) is 0 Å². The molecule has 0 aliphatic heterocycles. The van der Waals surface area contributed by atoms with Gasteiger partial charge in [-0.15, -0.1) is 0 Å². The van der Waals surface area contributed by atoms with Crippen LogP contribution in [0.15, 0.2) is 59.5 Å². The number of hydrogen-bond donors (Lipinski definition) is 1. The Balaban J connectivity index is 2.27. The van der Waals surface area contributed by atoms with Crippen molar-refractivity contribution < 1.29 is 31.4 Å². The molecule has 0 atom stereocenters. The Kier molecular flexibility index (Phi) is 5.29. The largest absolute Gasteiger partial charge is 0.430 e. The van der Waals surface area contributed by atoms with E-state index in [0.29, 0.717) is 17.0 Å². The van der Waals surface area contributed by atoms with Gasteiger partial charge in [0.15, 0.2) is 0 Å². The van der Waals surface area contributed by atoms with Crippen LogP contribution < -0.4 is 4.31 Å². The average molecular weight is 381 g/mol. The van der Waals surface area contributed by atoms with Crippen LogP contribution in [0, 0.1) is 0 Å². The quantitative estimate of drug-likeness (QED) is 0.586. The minimum absolute atomic E-state index is 0.418. The Morgan fingerprint density at radius 3 is 1.72 bits per heavy atom. The predicted molar refractivity (Wildman–Crippen MR) is 83.2 cm³/mol. The lowest BCUT2D eigenvalue weighted by Gasteiger charge is -2.32. The molecule has 2 rings (SSSR count). The third-order valence-corrected chi connectivity index (χ3v) is 4.42. The molecule has 2 aromatic carbocycles. The highest BCUT2D eigenvalue weighted by molar-refractivity contribution is 8.00. The van der Waals surface area contributed by atoms with Crippen molar-refractivity contribution in [2.45, 2.75) is 22.8 Å². The first-order valence-corrected chi connectivity index (χ1v) is 7.67. The lowest BCUT2D eigenvalue weighted by Crippen LogP contribution is -2.53. The maximum atomic E-state index is 12.8. The topological polar surface area (TPSA) is 23.5 Å². The molecule has 0 aromatic heterocycles. The van der Waals surface area contributed by atoms with Crippen molar-refractivity contribution in [2.24, 2.45) is 0 Å². The van der Waals surface area contributed by atoms with E-state index in [1.54, 1.807) is 35.6 Å². The van der Waals surface area contributed by atoms with Gasteiger partial charge >= 0.3 is 12.4 Å². The number of rotatable bonds is 4. The lowest BCUT2D eigenvalue weighted by atomic mass is 9.92. The third-order valence-electron chi connectivity index (χ3n) is 3.45. The van der Waals surface area contributed by atoms with Crippen molar-refractivity contribution in [3.8, 4) is 0 Å². The van der Waals surface area contributed by atoms with Gasteiger partial charge in [-0.1, -0.05) is 30.3 Å². The van der Waals surface area contributed by atoms with E-state index in [9.17, 15) is 31.4 Å². The van der Waals surface area contributed by atoms with Crippen LogP contribution in [0.2, 0.25) is 0 Å². The molecule has 0 fully saturated rings. The number of benzene rings is 2. The van der Waals surface area contributed by atoms with Crippen molar-refractivity contribution in [1.29, 1.82) is 0 Å². The first kappa shape index (κ1) is 19.5. The Labute approximate surface area is 144 Å². The first-order valence-electron chi connectivity index (χ1n) is 6.90. The summed E-state index contributed by atoms with van der Waals surface area (Å²) in [5, 5.41) is 9.34. The molecule has 136 valence electrons. The Morgan fingerprint density at radius 1 is 0.800 bits per heavy atom. The van der Waals surface area contributed by atoms with Crippen molar-refractivity contribution >= 4 is 17.6 Å². The van der Waals surface area contributed by atoms with Gasteiger partial charge in [-0.05, 0) is 36.2 Å². The molecule has 0 spiro atoms. The molecule has 2 nitrogen and oxygen atoms in total. The second-order valence-corrected chi connectivity index (χ2v) is 6.36. The Morgan fingerprint density at radius 2 is 1.28 bits per heavy atom. The van der Waals surface area contributed by atoms with Gasteiger partial charge < -0.3 is 9.41 Å². The Hall–Kier alpha value is -1.87. The van der Waals surface area contributed by atoms with Crippen LogP contribution in [0.5, 0.6) is 0 Å². The maximum absolute atomic E-state index is 12.8. The van der Waals surface area contributed by atoms with Gasteiger partial charge in [0.25, 0.3) is 5.60 Å². The van der Waals surface area contributed by atoms with Gasteiger partial charge in [-0.25, -0.2) is 0 Å². The molecule has 0 saturated heterocycles. The molecule has 0 saturated carbocycles. The van der Waals surface area contributed by atoms with Crippen LogP contribution in [-0.2, 0) is 5.60 Å². The van der Waals surface area contributed by atoms with Crippen LogP contribution in [0.25, 0.3) is 0 Å². The predicted octanol–water partition coefficient (Wildman–Crippen LogP) is 5.14. The second-order valence-electron chi connectivity index (χ2n) is 5.15. The number of nitrogens with zero attached hydrogens (tertiary/aromatic N) is 1. The first-order chi connectivity index (χ1) is 11.5. The minimum atomic E-state index is -5.89. The van der Waals surface area contributed by atoms with Crippen molar-refractivity contribution in [1.82, 2.24) is 0 Å². The summed E-state index contributed by atoms with van der Waals surface area (Å²) in [6.07, 6.45) is -11.8. The summed E-state index contributed by atoms with van der Waals surface area (Å²) in [5.41, 5.74) is -5.38. The molecule has 0 bridgehead atoms. The van der Waals surface area contributed by atoms with E-state index in [1.165, 1.54) is 0 Å². The lowest BCUT2D eigenvalue weighted by molar-refractivity contribution is -0.376. The normalized spacial score (nSPS) is 13.0. The number of aliphatic hydroxyl groups is 1. The van der Waals surface area contributed by atoms with Gasteiger partial charge in [0.2, 0.25) is 0 Å². The van der Waals surface area contributed by atoms with Gasteiger partial charge in [-0.3, -0.25) is 0 Å². The Bertz CT molecular complexity index is 685. The number of hydrogen-bond acceptors (Lipinski definition) is 3. The smallest absolute Gasteiger partial charge is 0.369 e. The van der Waals surface area contributed by atoms with Gasteiger partial charge in [0.1, 0.15) is 0 Å². The molecule has 0 unspecified atom stereocenters. The summed E-state index contributed by atoms with van der Waals surface area (Å²) in [7, 11) is 1.70. The van der Waals surface area contributed by atoms with Crippen LogP contribution in [0.4, 0.5) is 32.0 Å². The van der Waals surface area contributed by atoms with E-state index < -0.39 is 23.5 Å². The highest BCUT2D eigenvalue weighted by atomic mass is 32.2. The van der Waals surface area contributed by atoms with Crippen LogP contribution in [0.1, 0.15) is 5.56 Å². The molecule has 25 heavy (non-hydrogen) atoms. The zero-order valence-electron chi connectivity index (χ0n) is 12.8. The van der Waals surface area contributed by atoms with E-state index >= 15 is 0 Å². The molecular weight excluding hydrogens is 368 g/mol. The second kappa shape index (κ2) is 6.80. The number of alkyl halides is 6. The molecule has 0 amide bonds. The molecule has 0 heterocycles. The molecule has 0 aliphatic rings. The average Bonchev–Trinajstić information content (AvgIpc) is 2.53. The zero-order chi connectivity index (χ0) is 18.9. The van der Waals surface area contributed by atoms with Crippen molar-refractivity contribution in [3.63, 3.8) is 0 Å². The van der Waals surface area contributed by atoms with Crippen LogP contribution in [0.3, 0.4) is 0 Å². The number of halogens is 6. The molecule has 2 aromatic rings. The zero-order valence-corrected chi connectivity index (χ0v) is 13.6. The summed E-state index contributed by atoms with van der Waals surface area (Å²) >= 11 is 1.12. The monoisotopic (exact) mass is 381 g/mol. The summed E-state index contributed by atoms with van der Waals surface area (Å²) in [6, 6.07) is 12.4. The molecule has 0 radical (unpaired) electrons. The summed E-state index contributed by atoms with van der Waals surface area (Å²) in [4.78, 5) is 0.418. The summed E-state index contributed by atoms with van der Waals surface area (Å²) < 4.78 is 78.7. The van der Waals surface area contributed by atoms with E-state index in [1.807, 2.05) is 6.07 Å². The maximum Gasteiger partial charge on any atom is 0.430 e. The highest BCUT2D eigenvalue weighted by Crippen LogP contribution is 2.50. The summed E-state index contributed by atoms with van der Waals surface area (Å²) in [5.74, 6) is 0. The SMILES string of the molecule is CN(Sc1ccc(C(O)(C(F)(F)F)C(F)(F)F)cc1)c1ccccc1. The highest BCUT2D eigenvalue weighted by Gasteiger charge is 2.71. The van der Waals surface area contributed by atoms with Crippen LogP contribution >= 0.6 is 11.9 Å². The summed E-state index contributed by atoms with van der Waals surface area (Å²) in [6.45, 7) is 0. The fourth-order valence-electron chi connectivity index (χ4n) is 2.09. The van der Waals surface area contributed by atoms with E-state index in [-0.39, 0.29) is 0 Å². The molecule has 9 heteroatoms. The van der Waals surface area contributed by atoms with E-state index in [0.717, 1.165) is 29.8 Å². The van der Waals surface area contributed by atoms with Crippen molar-refractivity contribution in [2.75, 3.05) is 11.4 Å². The standard InChI is InChI=1S/C16H13F6NOS/c1-23(12-5-3-2-4-6-12)25-13-9-7-11(8-10-13)14(24,15(17,18)19)16(20,21)22/h2-10,24H,1H3. The van der Waals surface area contributed by atoms with E-state index in [2.05, 4.69) is 0 Å². The minimum Gasteiger partial charge on any atom is -0.369 e. The fraction of sp³-hybridized carbons (Fsp3) is 0.250. The third kappa shape index (κ3) is 3.87. The van der Waals surface area contributed by atoms with Crippen molar-refractivity contribution in [3.05, 3.63) is 60.2 Å². The number of para-hydroxylation sites is 1. The molecule has 0 aliphatic carbocycles. The fourth-order valence-corrected chi connectivity index (χ4v) is 2.89. The number of anilines is 1. The van der Waals surface area contributed by atoms with Gasteiger partial charge in [0, 0.05) is 23.2 Å². The van der Waals surface area contributed by atoms with E-state index in [4.69, 9.17) is 0 Å². The molecular formula is C16H13F6NOS. The van der Waals surface area contributed by atoms with Gasteiger partial charge in [-0.2, -0.15) is 26.3 Å².